The summed E-state index contributed by atoms with van der Waals surface area (Å²) in [7, 11) is 1.45. The highest BCUT2D eigenvalue weighted by atomic mass is 79.9. The van der Waals surface area contributed by atoms with Crippen LogP contribution in [0.5, 0.6) is 17.2 Å². The lowest BCUT2D eigenvalue weighted by Gasteiger charge is -2.11. The van der Waals surface area contributed by atoms with Gasteiger partial charge in [0.05, 0.1) is 12.0 Å². The maximum atomic E-state index is 13.2. The van der Waals surface area contributed by atoms with Gasteiger partial charge in [0.1, 0.15) is 17.3 Å². The highest BCUT2D eigenvalue weighted by molar-refractivity contribution is 9.08. The van der Waals surface area contributed by atoms with Gasteiger partial charge in [-0.15, -0.1) is 0 Å². The summed E-state index contributed by atoms with van der Waals surface area (Å²) < 4.78 is 23.8. The van der Waals surface area contributed by atoms with E-state index in [0.29, 0.717) is 22.4 Å². The largest absolute Gasteiger partial charge is 0.497 e. The van der Waals surface area contributed by atoms with Crippen molar-refractivity contribution in [2.24, 2.45) is 0 Å². The second-order valence-electron chi connectivity index (χ2n) is 4.08. The molecule has 110 valence electrons. The maximum absolute atomic E-state index is 13.2. The Bertz CT molecular complexity index is 678. The van der Waals surface area contributed by atoms with Crippen LogP contribution in [-0.4, -0.2) is 12.0 Å². The van der Waals surface area contributed by atoms with Gasteiger partial charge in [0, 0.05) is 23.0 Å². The van der Waals surface area contributed by atoms with Crippen molar-refractivity contribution in [3.8, 4) is 17.2 Å². The zero-order valence-corrected chi connectivity index (χ0v) is 12.6. The molecule has 0 aliphatic rings. The molecule has 0 saturated heterocycles. The molecule has 5 nitrogen and oxygen atoms in total. The highest BCUT2D eigenvalue weighted by Crippen LogP contribution is 2.36. The molecule has 21 heavy (non-hydrogen) atoms. The summed E-state index contributed by atoms with van der Waals surface area (Å²) in [6.07, 6.45) is 0. The van der Waals surface area contributed by atoms with Crippen LogP contribution < -0.4 is 9.47 Å². The van der Waals surface area contributed by atoms with Crippen LogP contribution in [0.25, 0.3) is 0 Å². The van der Waals surface area contributed by atoms with E-state index in [4.69, 9.17) is 9.47 Å². The Hall–Kier alpha value is -2.15. The summed E-state index contributed by atoms with van der Waals surface area (Å²) in [5.74, 6) is 0.396. The second-order valence-corrected chi connectivity index (χ2v) is 4.64. The summed E-state index contributed by atoms with van der Waals surface area (Å²) in [6, 6.07) is 8.14. The lowest BCUT2D eigenvalue weighted by molar-refractivity contribution is -0.385. The van der Waals surface area contributed by atoms with E-state index in [-0.39, 0.29) is 11.4 Å². The van der Waals surface area contributed by atoms with E-state index in [2.05, 4.69) is 15.9 Å². The Balaban J connectivity index is 2.45. The number of alkyl halides is 1. The predicted molar refractivity (Wildman–Crippen MR) is 78.8 cm³/mol. The van der Waals surface area contributed by atoms with Crippen molar-refractivity contribution in [3.05, 3.63) is 57.9 Å². The van der Waals surface area contributed by atoms with E-state index in [0.717, 1.165) is 0 Å². The monoisotopic (exact) mass is 355 g/mol. The van der Waals surface area contributed by atoms with Crippen LogP contribution in [0, 0.1) is 15.9 Å². The number of benzene rings is 2. The molecule has 0 N–H and O–H groups in total. The zero-order valence-electron chi connectivity index (χ0n) is 11.0. The van der Waals surface area contributed by atoms with Gasteiger partial charge in [-0.3, -0.25) is 10.1 Å². The van der Waals surface area contributed by atoms with Gasteiger partial charge < -0.3 is 9.47 Å². The smallest absolute Gasteiger partial charge is 0.311 e. The van der Waals surface area contributed by atoms with Gasteiger partial charge in [-0.2, -0.15) is 0 Å². The van der Waals surface area contributed by atoms with Crippen molar-refractivity contribution in [3.63, 3.8) is 0 Å². The molecule has 0 aliphatic heterocycles. The molecule has 0 fully saturated rings. The molecule has 0 aromatic heterocycles. The first-order valence-corrected chi connectivity index (χ1v) is 7.02. The number of rotatable bonds is 5. The third-order valence-electron chi connectivity index (χ3n) is 2.75. The summed E-state index contributed by atoms with van der Waals surface area (Å²) in [5, 5.41) is 11.4. The van der Waals surface area contributed by atoms with E-state index in [1.54, 1.807) is 0 Å². The van der Waals surface area contributed by atoms with E-state index < -0.39 is 10.7 Å². The molecule has 0 aliphatic carbocycles. The number of methoxy groups -OCH3 is 1. The molecule has 0 radical (unpaired) electrons. The Labute approximate surface area is 128 Å². The molecule has 7 heteroatoms. The van der Waals surface area contributed by atoms with E-state index >= 15 is 0 Å². The van der Waals surface area contributed by atoms with Gasteiger partial charge in [0.25, 0.3) is 0 Å². The quantitative estimate of drug-likeness (QED) is 0.452. The lowest BCUT2D eigenvalue weighted by Crippen LogP contribution is -1.96. The average molecular weight is 356 g/mol. The van der Waals surface area contributed by atoms with Crippen molar-refractivity contribution in [1.82, 2.24) is 0 Å². The standard InChI is InChI=1S/C14H11BrFNO4/c1-20-11-3-4-12(17(18)19)14(7-11)21-13-5-2-10(16)6-9(13)8-15/h2-7H,8H2,1H3. The van der Waals surface area contributed by atoms with Crippen molar-refractivity contribution < 1.29 is 18.8 Å². The number of ether oxygens (including phenoxy) is 2. The average Bonchev–Trinajstić information content (AvgIpc) is 2.48. The molecule has 0 bridgehead atoms. The predicted octanol–water partition coefficient (Wildman–Crippen LogP) is 4.43. The summed E-state index contributed by atoms with van der Waals surface area (Å²) >= 11 is 3.23. The number of nitrogens with zero attached hydrogens (tertiary/aromatic N) is 1. The van der Waals surface area contributed by atoms with Crippen LogP contribution in [0.15, 0.2) is 36.4 Å². The molecule has 0 amide bonds. The molecule has 2 rings (SSSR count). The minimum Gasteiger partial charge on any atom is -0.497 e. The number of nitro groups is 1. The van der Waals surface area contributed by atoms with Crippen LogP contribution in [0.2, 0.25) is 0 Å². The Morgan fingerprint density at radius 3 is 2.62 bits per heavy atom. The van der Waals surface area contributed by atoms with Crippen molar-refractivity contribution in [2.45, 2.75) is 5.33 Å². The van der Waals surface area contributed by atoms with E-state index in [1.165, 1.54) is 43.5 Å². The molecule has 0 atom stereocenters. The van der Waals surface area contributed by atoms with Crippen molar-refractivity contribution in [2.75, 3.05) is 7.11 Å². The lowest BCUT2D eigenvalue weighted by atomic mass is 10.2. The summed E-state index contributed by atoms with van der Waals surface area (Å²) in [6.45, 7) is 0. The number of hydrogen-bond acceptors (Lipinski definition) is 4. The van der Waals surface area contributed by atoms with Crippen LogP contribution in [0.3, 0.4) is 0 Å². The first-order chi connectivity index (χ1) is 10.0. The normalized spacial score (nSPS) is 10.2. The Kier molecular flexibility index (Phi) is 4.74. The molecule has 0 heterocycles. The van der Waals surface area contributed by atoms with E-state index in [1.807, 2.05) is 0 Å². The van der Waals surface area contributed by atoms with Gasteiger partial charge in [0.15, 0.2) is 0 Å². The third-order valence-corrected chi connectivity index (χ3v) is 3.35. The third kappa shape index (κ3) is 3.49. The molecule has 0 unspecified atom stereocenters. The summed E-state index contributed by atoms with van der Waals surface area (Å²) in [5.41, 5.74) is 0.354. The maximum Gasteiger partial charge on any atom is 0.311 e. The molecule has 2 aromatic rings. The highest BCUT2D eigenvalue weighted by Gasteiger charge is 2.18. The molecular weight excluding hydrogens is 345 g/mol. The number of hydrogen-bond donors (Lipinski definition) is 0. The van der Waals surface area contributed by atoms with Gasteiger partial charge in [-0.1, -0.05) is 15.9 Å². The SMILES string of the molecule is COc1ccc([N+](=O)[O-])c(Oc2ccc(F)cc2CBr)c1. The first kappa shape index (κ1) is 15.2. The number of halogens is 2. The van der Waals surface area contributed by atoms with Crippen LogP contribution >= 0.6 is 15.9 Å². The topological polar surface area (TPSA) is 61.6 Å². The number of nitro benzene ring substituents is 1. The van der Waals surface area contributed by atoms with Crippen LogP contribution in [0.1, 0.15) is 5.56 Å². The molecule has 0 spiro atoms. The fourth-order valence-corrected chi connectivity index (χ4v) is 2.16. The Morgan fingerprint density at radius 1 is 1.24 bits per heavy atom. The minimum atomic E-state index is -0.550. The van der Waals surface area contributed by atoms with Crippen molar-refractivity contribution in [1.29, 1.82) is 0 Å². The van der Waals surface area contributed by atoms with Gasteiger partial charge in [-0.25, -0.2) is 4.39 Å². The van der Waals surface area contributed by atoms with Crippen LogP contribution in [0.4, 0.5) is 10.1 Å². The molecule has 2 aromatic carbocycles. The first-order valence-electron chi connectivity index (χ1n) is 5.90. The van der Waals surface area contributed by atoms with Crippen LogP contribution in [-0.2, 0) is 5.33 Å². The second kappa shape index (κ2) is 6.53. The van der Waals surface area contributed by atoms with Crippen molar-refractivity contribution >= 4 is 21.6 Å². The summed E-state index contributed by atoms with van der Waals surface area (Å²) in [4.78, 5) is 10.5. The Morgan fingerprint density at radius 2 is 2.00 bits per heavy atom. The van der Waals surface area contributed by atoms with Gasteiger partial charge in [0.2, 0.25) is 5.75 Å². The van der Waals surface area contributed by atoms with Gasteiger partial charge in [-0.05, 0) is 24.3 Å². The zero-order chi connectivity index (χ0) is 15.4. The molecule has 0 saturated carbocycles. The fourth-order valence-electron chi connectivity index (χ4n) is 1.72. The minimum absolute atomic E-state index is 0.0353. The van der Waals surface area contributed by atoms with Gasteiger partial charge >= 0.3 is 5.69 Å². The molecular formula is C14H11BrFNO4. The van der Waals surface area contributed by atoms with E-state index in [9.17, 15) is 14.5 Å². The fraction of sp³-hybridized carbons (Fsp3) is 0.143.